The first-order valence-electron chi connectivity index (χ1n) is 9.81. The van der Waals surface area contributed by atoms with E-state index in [9.17, 15) is 13.2 Å². The molecule has 0 bridgehead atoms. The summed E-state index contributed by atoms with van der Waals surface area (Å²) in [5.74, 6) is -0.150. The van der Waals surface area contributed by atoms with E-state index in [1.54, 1.807) is 54.6 Å². The van der Waals surface area contributed by atoms with Gasteiger partial charge >= 0.3 is 0 Å². The number of benzene rings is 2. The van der Waals surface area contributed by atoms with Crippen molar-refractivity contribution in [1.29, 1.82) is 0 Å². The van der Waals surface area contributed by atoms with E-state index in [4.69, 9.17) is 0 Å². The third kappa shape index (κ3) is 4.43. The first kappa shape index (κ1) is 19.5. The first-order chi connectivity index (χ1) is 14.0. The van der Waals surface area contributed by atoms with E-state index in [-0.39, 0.29) is 11.7 Å². The Kier molecular flexibility index (Phi) is 5.53. The van der Waals surface area contributed by atoms with E-state index in [2.05, 4.69) is 17.0 Å². The molecule has 5 nitrogen and oxygen atoms in total. The largest absolute Gasteiger partial charge is 0.351 e. The Balaban J connectivity index is 1.44. The lowest BCUT2D eigenvalue weighted by atomic mass is 10.0. The Hall–Kier alpha value is -2.86. The van der Waals surface area contributed by atoms with Crippen molar-refractivity contribution >= 4 is 15.7 Å². The van der Waals surface area contributed by atoms with E-state index in [1.807, 2.05) is 17.0 Å². The van der Waals surface area contributed by atoms with Crippen molar-refractivity contribution in [3.05, 3.63) is 90.3 Å². The molecule has 1 aliphatic heterocycles. The molecule has 1 saturated heterocycles. The number of carbonyl (C=O) groups excluding carboxylic acids is 1. The van der Waals surface area contributed by atoms with Crippen LogP contribution in [0.25, 0.3) is 0 Å². The molecule has 2 aromatic carbocycles. The predicted octanol–water partition coefficient (Wildman–Crippen LogP) is 3.94. The normalized spacial score (nSPS) is 15.4. The highest BCUT2D eigenvalue weighted by Crippen LogP contribution is 2.24. The second kappa shape index (κ2) is 8.25. The van der Waals surface area contributed by atoms with Crippen molar-refractivity contribution in [2.45, 2.75) is 29.5 Å². The number of amides is 1. The van der Waals surface area contributed by atoms with Crippen molar-refractivity contribution < 1.29 is 13.2 Å². The smallest absolute Gasteiger partial charge is 0.253 e. The number of sulfone groups is 1. The van der Waals surface area contributed by atoms with Gasteiger partial charge in [0.2, 0.25) is 0 Å². The molecule has 1 aromatic heterocycles. The number of hydrogen-bond donors (Lipinski definition) is 0. The van der Waals surface area contributed by atoms with Crippen molar-refractivity contribution in [3.8, 4) is 0 Å². The number of rotatable bonds is 5. The van der Waals surface area contributed by atoms with Crippen LogP contribution >= 0.6 is 0 Å². The van der Waals surface area contributed by atoms with Gasteiger partial charge in [-0.1, -0.05) is 30.3 Å². The van der Waals surface area contributed by atoms with Crippen LogP contribution in [0.3, 0.4) is 0 Å². The molecule has 0 radical (unpaired) electrons. The molecule has 0 atom stereocenters. The fraction of sp³-hybridized carbons (Fsp3) is 0.261. The van der Waals surface area contributed by atoms with Gasteiger partial charge in [-0.2, -0.15) is 0 Å². The fourth-order valence-corrected chi connectivity index (χ4v) is 5.22. The number of nitrogens with zero attached hydrogens (tertiary/aromatic N) is 2. The van der Waals surface area contributed by atoms with E-state index in [0.29, 0.717) is 35.2 Å². The van der Waals surface area contributed by atoms with Crippen molar-refractivity contribution in [2.24, 2.45) is 0 Å². The molecular formula is C23H24N2O3S. The fourth-order valence-electron chi connectivity index (χ4n) is 3.87. The van der Waals surface area contributed by atoms with E-state index in [0.717, 1.165) is 12.8 Å². The molecular weight excluding hydrogens is 384 g/mol. The van der Waals surface area contributed by atoms with Crippen molar-refractivity contribution in [3.63, 3.8) is 0 Å². The van der Waals surface area contributed by atoms with Crippen LogP contribution in [-0.2, 0) is 15.6 Å². The third-order valence-electron chi connectivity index (χ3n) is 5.43. The van der Waals surface area contributed by atoms with Gasteiger partial charge in [0.1, 0.15) is 0 Å². The summed E-state index contributed by atoms with van der Waals surface area (Å²) in [5, 5.41) is 0. The number of hydrogen-bond acceptors (Lipinski definition) is 3. The summed E-state index contributed by atoms with van der Waals surface area (Å²) in [6.07, 6.45) is 5.97. The lowest BCUT2D eigenvalue weighted by Crippen LogP contribution is -2.38. The molecule has 0 N–H and O–H groups in total. The molecule has 3 aromatic rings. The van der Waals surface area contributed by atoms with Crippen LogP contribution in [0.2, 0.25) is 0 Å². The lowest BCUT2D eigenvalue weighted by Gasteiger charge is -2.33. The lowest BCUT2D eigenvalue weighted by molar-refractivity contribution is 0.0694. The minimum absolute atomic E-state index is 0.0325. The number of likely N-dealkylation sites (tertiary alicyclic amines) is 1. The summed E-state index contributed by atoms with van der Waals surface area (Å²) in [4.78, 5) is 15.1. The number of aromatic nitrogens is 1. The summed E-state index contributed by atoms with van der Waals surface area (Å²) in [5.41, 5.74) is 1.17. The van der Waals surface area contributed by atoms with Crippen LogP contribution in [0.4, 0.5) is 0 Å². The second-order valence-electron chi connectivity index (χ2n) is 7.43. The van der Waals surface area contributed by atoms with Crippen LogP contribution in [0.15, 0.2) is 84.0 Å². The zero-order valence-electron chi connectivity index (χ0n) is 16.1. The number of carbonyl (C=O) groups is 1. The van der Waals surface area contributed by atoms with E-state index < -0.39 is 9.84 Å². The van der Waals surface area contributed by atoms with Gasteiger partial charge < -0.3 is 9.47 Å². The molecule has 0 spiro atoms. The Labute approximate surface area is 171 Å². The zero-order valence-corrected chi connectivity index (χ0v) is 17.0. The average molecular weight is 409 g/mol. The summed E-state index contributed by atoms with van der Waals surface area (Å²) in [6.45, 7) is 1.41. The molecule has 1 fully saturated rings. The minimum atomic E-state index is -3.44. The highest BCUT2D eigenvalue weighted by Gasteiger charge is 2.24. The van der Waals surface area contributed by atoms with Crippen LogP contribution in [-0.4, -0.2) is 36.9 Å². The average Bonchev–Trinajstić information content (AvgIpc) is 3.29. The Morgan fingerprint density at radius 3 is 2.28 bits per heavy atom. The molecule has 150 valence electrons. The minimum Gasteiger partial charge on any atom is -0.351 e. The third-order valence-corrected chi connectivity index (χ3v) is 7.14. The Morgan fingerprint density at radius 2 is 1.59 bits per heavy atom. The van der Waals surface area contributed by atoms with Gasteiger partial charge in [-0.15, -0.1) is 0 Å². The maximum absolute atomic E-state index is 13.0. The maximum atomic E-state index is 13.0. The van der Waals surface area contributed by atoms with Crippen LogP contribution in [0, 0.1) is 0 Å². The van der Waals surface area contributed by atoms with Gasteiger partial charge in [-0.25, -0.2) is 8.42 Å². The van der Waals surface area contributed by atoms with Crippen molar-refractivity contribution in [1.82, 2.24) is 9.47 Å². The van der Waals surface area contributed by atoms with Crippen LogP contribution in [0.5, 0.6) is 0 Å². The van der Waals surface area contributed by atoms with E-state index >= 15 is 0 Å². The summed E-state index contributed by atoms with van der Waals surface area (Å²) >= 11 is 0. The standard InChI is InChI=1S/C23H24N2O3S/c26-23(25-15-11-21(12-16-25)24-13-4-5-14-24)20-8-6-7-19(17-20)18-29(27,28)22-9-2-1-3-10-22/h1-10,13-14,17,21H,11-12,15-16,18H2. The molecule has 4 rings (SSSR count). The van der Waals surface area contributed by atoms with Gasteiger partial charge in [-0.3, -0.25) is 4.79 Å². The highest BCUT2D eigenvalue weighted by atomic mass is 32.2. The summed E-state index contributed by atoms with van der Waals surface area (Å²) in [7, 11) is -3.44. The van der Waals surface area contributed by atoms with Gasteiger partial charge in [0.15, 0.2) is 9.84 Å². The zero-order chi connectivity index (χ0) is 20.3. The van der Waals surface area contributed by atoms with Gasteiger partial charge in [-0.05, 0) is 54.8 Å². The predicted molar refractivity (Wildman–Crippen MR) is 112 cm³/mol. The molecule has 0 saturated carbocycles. The number of piperidine rings is 1. The molecule has 1 aliphatic rings. The molecule has 2 heterocycles. The molecule has 0 aliphatic carbocycles. The quantitative estimate of drug-likeness (QED) is 0.642. The SMILES string of the molecule is O=C(c1cccc(CS(=O)(=O)c2ccccc2)c1)N1CCC(n2cccc2)CC1. The highest BCUT2D eigenvalue weighted by molar-refractivity contribution is 7.90. The summed E-state index contributed by atoms with van der Waals surface area (Å²) < 4.78 is 27.5. The van der Waals surface area contributed by atoms with Crippen molar-refractivity contribution in [2.75, 3.05) is 13.1 Å². The Bertz CT molecular complexity index is 1070. The molecule has 29 heavy (non-hydrogen) atoms. The monoisotopic (exact) mass is 408 g/mol. The summed E-state index contributed by atoms with van der Waals surface area (Å²) in [6, 6.07) is 19.9. The van der Waals surface area contributed by atoms with Gasteiger partial charge in [0.05, 0.1) is 10.6 Å². The van der Waals surface area contributed by atoms with Crippen LogP contribution < -0.4 is 0 Å². The Morgan fingerprint density at radius 1 is 0.897 bits per heavy atom. The second-order valence-corrected chi connectivity index (χ2v) is 9.42. The van der Waals surface area contributed by atoms with Gasteiger partial charge in [0, 0.05) is 37.1 Å². The molecule has 0 unspecified atom stereocenters. The maximum Gasteiger partial charge on any atom is 0.253 e. The van der Waals surface area contributed by atoms with Crippen LogP contribution in [0.1, 0.15) is 34.8 Å². The first-order valence-corrected chi connectivity index (χ1v) is 11.5. The molecule has 1 amide bonds. The van der Waals surface area contributed by atoms with Gasteiger partial charge in [0.25, 0.3) is 5.91 Å². The topological polar surface area (TPSA) is 59.4 Å². The molecule has 6 heteroatoms. The van der Waals surface area contributed by atoms with E-state index in [1.165, 1.54) is 0 Å².